The first-order valence-electron chi connectivity index (χ1n) is 13.9. The molecule has 2 aromatic carbocycles. The smallest absolute Gasteiger partial charge is 0.244 e. The van der Waals surface area contributed by atoms with Gasteiger partial charge in [-0.25, -0.2) is 8.78 Å². The molecule has 3 aliphatic heterocycles. The van der Waals surface area contributed by atoms with Crippen molar-refractivity contribution in [3.63, 3.8) is 0 Å². The zero-order valence-electron chi connectivity index (χ0n) is 23.2. The molecule has 0 radical (unpaired) electrons. The Hall–Kier alpha value is -4.05. The van der Waals surface area contributed by atoms with E-state index in [1.807, 2.05) is 38.3 Å². The van der Waals surface area contributed by atoms with E-state index >= 15 is 0 Å². The predicted octanol–water partition coefficient (Wildman–Crippen LogP) is 2.86. The van der Waals surface area contributed by atoms with Crippen LogP contribution < -0.4 is 16.0 Å². The number of halogens is 2. The Morgan fingerprint density at radius 3 is 2.59 bits per heavy atom. The highest BCUT2D eigenvalue weighted by Gasteiger charge is 2.51. The van der Waals surface area contributed by atoms with Crippen molar-refractivity contribution in [2.75, 3.05) is 38.5 Å². The molecule has 3 heterocycles. The molecule has 8 nitrogen and oxygen atoms in total. The molecular formula is C31H33F2N5O3. The van der Waals surface area contributed by atoms with Crippen LogP contribution in [-0.4, -0.2) is 60.7 Å². The molecule has 0 saturated carbocycles. The molecule has 10 heteroatoms. The molecule has 1 spiro atoms. The first-order valence-corrected chi connectivity index (χ1v) is 13.9. The van der Waals surface area contributed by atoms with E-state index in [1.165, 1.54) is 17.0 Å². The standard InChI is InChI=1S/C31H33F2N5O3/c1-30(7-9-37(2)18-30)29(41)38(16-19-10-22(32)13-23(33)11-19)17-26(39)35-24-6-5-20-14-31(15-21(20)12-24)25-4-3-8-34-27(25)36-28(31)40/h3-6,10-13,34H,7-9,14-18H2,1-2H3,(H,35,39)(H,36,40). The normalized spacial score (nSPS) is 24.7. The average molecular weight is 562 g/mol. The zero-order valence-corrected chi connectivity index (χ0v) is 23.2. The molecular weight excluding hydrogens is 528 g/mol. The summed E-state index contributed by atoms with van der Waals surface area (Å²) in [4.78, 5) is 43.4. The summed E-state index contributed by atoms with van der Waals surface area (Å²) >= 11 is 0. The lowest BCUT2D eigenvalue weighted by atomic mass is 9.78. The van der Waals surface area contributed by atoms with Crippen LogP contribution >= 0.6 is 0 Å². The van der Waals surface area contributed by atoms with Gasteiger partial charge in [0.1, 0.15) is 24.0 Å². The van der Waals surface area contributed by atoms with Gasteiger partial charge in [0.05, 0.1) is 10.8 Å². The fraction of sp³-hybridized carbons (Fsp3) is 0.387. The summed E-state index contributed by atoms with van der Waals surface area (Å²) in [7, 11) is 1.93. The molecule has 1 fully saturated rings. The number of nitrogens with one attached hydrogen (secondary N) is 3. The number of anilines is 1. The number of carbonyl (C=O) groups is 3. The molecule has 6 rings (SSSR count). The van der Waals surface area contributed by atoms with E-state index in [1.54, 1.807) is 6.07 Å². The van der Waals surface area contributed by atoms with E-state index in [0.29, 0.717) is 38.0 Å². The van der Waals surface area contributed by atoms with Crippen molar-refractivity contribution in [1.29, 1.82) is 0 Å². The van der Waals surface area contributed by atoms with Crippen molar-refractivity contribution in [2.24, 2.45) is 10.8 Å². The van der Waals surface area contributed by atoms with Gasteiger partial charge in [-0.15, -0.1) is 0 Å². The summed E-state index contributed by atoms with van der Waals surface area (Å²) in [5.41, 5.74) is 2.45. The molecule has 214 valence electrons. The maximum Gasteiger partial charge on any atom is 0.244 e. The van der Waals surface area contributed by atoms with Gasteiger partial charge in [0.25, 0.3) is 0 Å². The minimum atomic E-state index is -0.738. The van der Waals surface area contributed by atoms with Gasteiger partial charge in [-0.2, -0.15) is 0 Å². The number of dihydropyridines is 1. The van der Waals surface area contributed by atoms with Gasteiger partial charge in [0.15, 0.2) is 0 Å². The molecule has 2 aromatic rings. The van der Waals surface area contributed by atoms with Crippen LogP contribution in [-0.2, 0) is 33.8 Å². The van der Waals surface area contributed by atoms with Gasteiger partial charge in [-0.1, -0.05) is 18.2 Å². The zero-order chi connectivity index (χ0) is 28.9. The molecule has 2 atom stereocenters. The molecule has 4 aliphatic rings. The molecule has 2 unspecified atom stereocenters. The minimum Gasteiger partial charge on any atom is -0.368 e. The molecule has 1 saturated heterocycles. The number of benzene rings is 2. The Morgan fingerprint density at radius 1 is 1.10 bits per heavy atom. The van der Waals surface area contributed by atoms with Gasteiger partial charge < -0.3 is 25.8 Å². The first-order chi connectivity index (χ1) is 19.5. The van der Waals surface area contributed by atoms with Crippen LogP contribution in [0, 0.1) is 22.5 Å². The van der Waals surface area contributed by atoms with Crippen LogP contribution in [0.1, 0.15) is 30.0 Å². The monoisotopic (exact) mass is 561 g/mol. The van der Waals surface area contributed by atoms with E-state index in [0.717, 1.165) is 35.1 Å². The summed E-state index contributed by atoms with van der Waals surface area (Å²) in [6, 6.07) is 8.75. The summed E-state index contributed by atoms with van der Waals surface area (Å²) in [5.74, 6) is -1.39. The van der Waals surface area contributed by atoms with Gasteiger partial charge >= 0.3 is 0 Å². The van der Waals surface area contributed by atoms with E-state index in [9.17, 15) is 23.2 Å². The molecule has 0 bridgehead atoms. The highest BCUT2D eigenvalue weighted by Crippen LogP contribution is 2.48. The number of fused-ring (bicyclic) bond motifs is 2. The number of allylic oxidation sites excluding steroid dienone is 1. The van der Waals surface area contributed by atoms with Crippen LogP contribution in [0.2, 0.25) is 0 Å². The van der Waals surface area contributed by atoms with E-state index in [2.05, 4.69) is 20.9 Å². The van der Waals surface area contributed by atoms with Crippen LogP contribution in [0.5, 0.6) is 0 Å². The third-order valence-electron chi connectivity index (χ3n) is 8.71. The lowest BCUT2D eigenvalue weighted by Crippen LogP contribution is -2.46. The SMILES string of the molecule is CN1CCC(C)(C(=O)N(CC(=O)Nc2ccc3c(c2)CC2(C3)C(=O)NC3=C2C=CCN3)Cc2cc(F)cc(F)c2)C1. The second-order valence-electron chi connectivity index (χ2n) is 12.0. The van der Waals surface area contributed by atoms with Gasteiger partial charge in [-0.05, 0) is 80.7 Å². The Bertz CT molecular complexity index is 1500. The summed E-state index contributed by atoms with van der Waals surface area (Å²) in [6.45, 7) is 3.44. The van der Waals surface area contributed by atoms with Gasteiger partial charge in [0, 0.05) is 37.0 Å². The lowest BCUT2D eigenvalue weighted by Gasteiger charge is -2.31. The maximum absolute atomic E-state index is 13.9. The van der Waals surface area contributed by atoms with Crippen molar-refractivity contribution in [2.45, 2.75) is 32.7 Å². The number of rotatable bonds is 6. The van der Waals surface area contributed by atoms with Crippen molar-refractivity contribution in [1.82, 2.24) is 20.4 Å². The van der Waals surface area contributed by atoms with Crippen molar-refractivity contribution in [3.8, 4) is 0 Å². The Balaban J connectivity index is 1.19. The third kappa shape index (κ3) is 5.01. The number of nitrogens with zero attached hydrogens (tertiary/aromatic N) is 2. The molecule has 0 aromatic heterocycles. The number of hydrogen-bond acceptors (Lipinski definition) is 5. The molecule has 41 heavy (non-hydrogen) atoms. The summed E-state index contributed by atoms with van der Waals surface area (Å²) in [6.07, 6.45) is 5.74. The third-order valence-corrected chi connectivity index (χ3v) is 8.71. The van der Waals surface area contributed by atoms with E-state index in [-0.39, 0.29) is 30.5 Å². The lowest BCUT2D eigenvalue weighted by molar-refractivity contribution is -0.143. The second-order valence-corrected chi connectivity index (χ2v) is 12.0. The topological polar surface area (TPSA) is 93.8 Å². The highest BCUT2D eigenvalue weighted by molar-refractivity contribution is 5.96. The first kappa shape index (κ1) is 27.1. The molecule has 3 N–H and O–H groups in total. The summed E-state index contributed by atoms with van der Waals surface area (Å²) < 4.78 is 27.9. The Kier molecular flexibility index (Phi) is 6.68. The van der Waals surface area contributed by atoms with Crippen LogP contribution in [0.3, 0.4) is 0 Å². The van der Waals surface area contributed by atoms with Crippen molar-refractivity contribution < 1.29 is 23.2 Å². The van der Waals surface area contributed by atoms with E-state index in [4.69, 9.17) is 0 Å². The summed E-state index contributed by atoms with van der Waals surface area (Å²) in [5, 5.41) is 9.10. The predicted molar refractivity (Wildman–Crippen MR) is 149 cm³/mol. The second kappa shape index (κ2) is 10.1. The van der Waals surface area contributed by atoms with Crippen molar-refractivity contribution >= 4 is 23.4 Å². The van der Waals surface area contributed by atoms with Crippen LogP contribution in [0.4, 0.5) is 14.5 Å². The largest absolute Gasteiger partial charge is 0.368 e. The average Bonchev–Trinajstić information content (AvgIpc) is 3.56. The number of hydrogen-bond donors (Lipinski definition) is 3. The number of likely N-dealkylation sites (tertiary alicyclic amines) is 1. The molecule has 1 aliphatic carbocycles. The fourth-order valence-corrected chi connectivity index (χ4v) is 6.73. The minimum absolute atomic E-state index is 0.0303. The number of carbonyl (C=O) groups excluding carboxylic acids is 3. The van der Waals surface area contributed by atoms with Crippen molar-refractivity contribution in [3.05, 3.63) is 88.3 Å². The van der Waals surface area contributed by atoms with E-state index < -0.39 is 28.4 Å². The quantitative estimate of drug-likeness (QED) is 0.505. The van der Waals surface area contributed by atoms with Gasteiger partial charge in [-0.3, -0.25) is 14.4 Å². The fourth-order valence-electron chi connectivity index (χ4n) is 6.73. The Labute approximate surface area is 237 Å². The molecule has 3 amide bonds. The highest BCUT2D eigenvalue weighted by atomic mass is 19.1. The van der Waals surface area contributed by atoms with Crippen LogP contribution in [0.25, 0.3) is 0 Å². The van der Waals surface area contributed by atoms with Crippen LogP contribution in [0.15, 0.2) is 59.9 Å². The Morgan fingerprint density at radius 2 is 1.85 bits per heavy atom. The van der Waals surface area contributed by atoms with Gasteiger partial charge in [0.2, 0.25) is 17.7 Å². The number of amides is 3. The maximum atomic E-state index is 13.9.